The van der Waals surface area contributed by atoms with Gasteiger partial charge in [0.1, 0.15) is 0 Å². The van der Waals surface area contributed by atoms with Gasteiger partial charge >= 0.3 is 19.1 Å². The predicted molar refractivity (Wildman–Crippen MR) is 116 cm³/mol. The first kappa shape index (κ1) is 22.6. The molecule has 1 fully saturated rings. The summed E-state index contributed by atoms with van der Waals surface area (Å²) in [5.74, 6) is -1.18. The van der Waals surface area contributed by atoms with E-state index in [9.17, 15) is 9.59 Å². The minimum atomic E-state index is -0.591. The zero-order valence-electron chi connectivity index (χ0n) is 18.1. The summed E-state index contributed by atoms with van der Waals surface area (Å²) in [6.45, 7) is 11.7. The van der Waals surface area contributed by atoms with Gasteiger partial charge in [0, 0.05) is 0 Å². The van der Waals surface area contributed by atoms with Gasteiger partial charge in [0.05, 0.1) is 40.6 Å². The van der Waals surface area contributed by atoms with Gasteiger partial charge in [-0.3, -0.25) is 0 Å². The summed E-state index contributed by atoms with van der Waals surface area (Å²) >= 11 is 6.45. The summed E-state index contributed by atoms with van der Waals surface area (Å²) in [5.41, 5.74) is 1.08. The van der Waals surface area contributed by atoms with Crippen molar-refractivity contribution in [2.45, 2.75) is 52.7 Å². The standard InChI is InChI=1S/C22H26BClO6/c1-7-27-19(25)16-14-11-9-13(23-29-21(3,4)22(5,6)30-23)10-12-15(14)17(18(16)24)20(26)28-8-2/h9-12H,7-8H2,1-6H3. The monoisotopic (exact) mass is 432 g/mol. The minimum Gasteiger partial charge on any atom is -0.462 e. The quantitative estimate of drug-likeness (QED) is 0.523. The molecule has 0 aromatic carbocycles. The molecule has 1 heterocycles. The lowest BCUT2D eigenvalue weighted by molar-refractivity contribution is 0.00578. The van der Waals surface area contributed by atoms with Crippen molar-refractivity contribution in [1.29, 1.82) is 0 Å². The summed E-state index contributed by atoms with van der Waals surface area (Å²) in [4.78, 5) is 25.2. The van der Waals surface area contributed by atoms with Crippen molar-refractivity contribution >= 4 is 36.1 Å². The third kappa shape index (κ3) is 3.82. The van der Waals surface area contributed by atoms with E-state index in [-0.39, 0.29) is 29.4 Å². The van der Waals surface area contributed by atoms with E-state index < -0.39 is 30.3 Å². The summed E-state index contributed by atoms with van der Waals surface area (Å²) < 4.78 is 22.6. The second-order valence-corrected chi connectivity index (χ2v) is 8.47. The van der Waals surface area contributed by atoms with Gasteiger partial charge in [0.2, 0.25) is 0 Å². The van der Waals surface area contributed by atoms with E-state index in [0.29, 0.717) is 11.1 Å². The molecule has 1 aliphatic heterocycles. The van der Waals surface area contributed by atoms with Crippen LogP contribution < -0.4 is 5.46 Å². The third-order valence-electron chi connectivity index (χ3n) is 5.64. The summed E-state index contributed by atoms with van der Waals surface area (Å²) in [6, 6.07) is 7.07. The third-order valence-corrected chi connectivity index (χ3v) is 6.02. The van der Waals surface area contributed by atoms with Crippen LogP contribution in [0.2, 0.25) is 5.02 Å². The molecule has 1 saturated heterocycles. The molecule has 30 heavy (non-hydrogen) atoms. The van der Waals surface area contributed by atoms with Gasteiger partial charge in [0.25, 0.3) is 0 Å². The topological polar surface area (TPSA) is 71.1 Å². The Kier molecular flexibility index (Phi) is 6.19. The Morgan fingerprint density at radius 3 is 1.63 bits per heavy atom. The van der Waals surface area contributed by atoms with Crippen LogP contribution in [0.1, 0.15) is 62.3 Å². The Bertz CT molecular complexity index is 883. The molecular formula is C22H26BClO6. The molecule has 0 saturated carbocycles. The highest BCUT2D eigenvalue weighted by atomic mass is 35.5. The average molecular weight is 433 g/mol. The van der Waals surface area contributed by atoms with Gasteiger partial charge in [-0.1, -0.05) is 35.9 Å². The Hall–Kier alpha value is -2.09. The maximum atomic E-state index is 12.6. The highest BCUT2D eigenvalue weighted by molar-refractivity contribution is 6.62. The van der Waals surface area contributed by atoms with E-state index in [0.717, 1.165) is 5.46 Å². The molecule has 6 nitrogen and oxygen atoms in total. The number of hydrogen-bond donors (Lipinski definition) is 0. The van der Waals surface area contributed by atoms with Gasteiger partial charge in [-0.25, -0.2) is 9.59 Å². The van der Waals surface area contributed by atoms with Crippen LogP contribution in [0.25, 0.3) is 11.1 Å². The summed E-state index contributed by atoms with van der Waals surface area (Å²) in [5, 5.41) is 0.0327. The first-order valence-corrected chi connectivity index (χ1v) is 10.4. The number of esters is 2. The van der Waals surface area contributed by atoms with Gasteiger partial charge in [0.15, 0.2) is 0 Å². The number of carbonyl (C=O) groups is 2. The number of carbonyl (C=O) groups excluding carboxylic acids is 2. The van der Waals surface area contributed by atoms with Gasteiger partial charge < -0.3 is 18.8 Å². The second-order valence-electron chi connectivity index (χ2n) is 8.09. The van der Waals surface area contributed by atoms with Crippen LogP contribution in [-0.4, -0.2) is 43.5 Å². The molecule has 3 aliphatic rings. The van der Waals surface area contributed by atoms with E-state index in [4.69, 9.17) is 30.4 Å². The molecule has 8 heteroatoms. The zero-order chi connectivity index (χ0) is 22.3. The highest BCUT2D eigenvalue weighted by Crippen LogP contribution is 2.41. The fourth-order valence-corrected chi connectivity index (χ4v) is 3.69. The van der Waals surface area contributed by atoms with Gasteiger partial charge in [-0.05, 0) is 58.1 Å². The van der Waals surface area contributed by atoms with E-state index in [1.54, 1.807) is 38.1 Å². The Balaban J connectivity index is 2.14. The van der Waals surface area contributed by atoms with Gasteiger partial charge in [-0.15, -0.1) is 0 Å². The molecule has 0 atom stereocenters. The van der Waals surface area contributed by atoms with E-state index in [1.807, 2.05) is 27.7 Å². The van der Waals surface area contributed by atoms with Crippen LogP contribution >= 0.6 is 11.6 Å². The largest absolute Gasteiger partial charge is 0.494 e. The first-order valence-electron chi connectivity index (χ1n) is 9.99. The van der Waals surface area contributed by atoms with Crippen LogP contribution in [-0.2, 0) is 18.8 Å². The van der Waals surface area contributed by atoms with Crippen LogP contribution in [0.15, 0.2) is 24.3 Å². The predicted octanol–water partition coefficient (Wildman–Crippen LogP) is 4.10. The molecule has 160 valence electrons. The molecule has 0 aromatic heterocycles. The molecule has 0 amide bonds. The fraction of sp³-hybridized carbons (Fsp3) is 0.455. The zero-order valence-corrected chi connectivity index (χ0v) is 18.9. The highest BCUT2D eigenvalue weighted by Gasteiger charge is 2.51. The van der Waals surface area contributed by atoms with Crippen molar-refractivity contribution in [3.8, 4) is 11.1 Å². The molecule has 0 spiro atoms. The first-order chi connectivity index (χ1) is 14.0. The maximum Gasteiger partial charge on any atom is 0.494 e. The van der Waals surface area contributed by atoms with Crippen LogP contribution in [0.4, 0.5) is 0 Å². The SMILES string of the molecule is CCOC(=O)c1c2ccc(B3OC(C)(C)C(C)(C)O3)ccc-2c(C(=O)OCC)c1Cl. The van der Waals surface area contributed by atoms with Crippen molar-refractivity contribution in [2.75, 3.05) is 13.2 Å². The van der Waals surface area contributed by atoms with Crippen LogP contribution in [0.5, 0.6) is 0 Å². The molecule has 0 bridgehead atoms. The Morgan fingerprint density at radius 1 is 0.867 bits per heavy atom. The fourth-order valence-electron chi connectivity index (χ4n) is 3.33. The normalized spacial score (nSPS) is 17.2. The van der Waals surface area contributed by atoms with Gasteiger partial charge in [-0.2, -0.15) is 0 Å². The van der Waals surface area contributed by atoms with E-state index in [1.165, 1.54) is 0 Å². The lowest BCUT2D eigenvalue weighted by atomic mass is 9.80. The van der Waals surface area contributed by atoms with Crippen molar-refractivity contribution in [1.82, 2.24) is 0 Å². The van der Waals surface area contributed by atoms with Crippen molar-refractivity contribution in [3.63, 3.8) is 0 Å². The number of ether oxygens (including phenoxy) is 2. The van der Waals surface area contributed by atoms with E-state index in [2.05, 4.69) is 0 Å². The number of fused-ring (bicyclic) bond motifs is 1. The van der Waals surface area contributed by atoms with E-state index >= 15 is 0 Å². The molecule has 0 radical (unpaired) electrons. The molecular weight excluding hydrogens is 407 g/mol. The minimum absolute atomic E-state index is 0.0327. The molecule has 0 unspecified atom stereocenters. The summed E-state index contributed by atoms with van der Waals surface area (Å²) in [6.07, 6.45) is 0. The second kappa shape index (κ2) is 8.21. The molecule has 3 rings (SSSR count). The van der Waals surface area contributed by atoms with Crippen molar-refractivity contribution in [2.24, 2.45) is 0 Å². The average Bonchev–Trinajstić information content (AvgIpc) is 2.92. The van der Waals surface area contributed by atoms with Crippen molar-refractivity contribution < 1.29 is 28.4 Å². The lowest BCUT2D eigenvalue weighted by Gasteiger charge is -2.32. The molecule has 0 N–H and O–H groups in total. The lowest BCUT2D eigenvalue weighted by Crippen LogP contribution is -2.41. The van der Waals surface area contributed by atoms with Crippen LogP contribution in [0.3, 0.4) is 0 Å². The maximum absolute atomic E-state index is 12.6. The molecule has 2 aliphatic carbocycles. The smallest absolute Gasteiger partial charge is 0.462 e. The Labute approximate surface area is 182 Å². The van der Waals surface area contributed by atoms with Crippen LogP contribution in [0, 0.1) is 0 Å². The summed E-state index contributed by atoms with van der Waals surface area (Å²) in [7, 11) is -0.584. The number of rotatable bonds is 5. The molecule has 0 aromatic rings. The van der Waals surface area contributed by atoms with Crippen molar-refractivity contribution in [3.05, 3.63) is 40.4 Å². The Morgan fingerprint density at radius 2 is 1.27 bits per heavy atom. The number of halogens is 1. The number of hydrogen-bond acceptors (Lipinski definition) is 6.